The first-order chi connectivity index (χ1) is 9.76. The third-order valence-corrected chi connectivity index (χ3v) is 3.48. The Morgan fingerprint density at radius 2 is 2.25 bits per heavy atom. The van der Waals surface area contributed by atoms with Crippen LogP contribution in [0.25, 0.3) is 0 Å². The van der Waals surface area contributed by atoms with E-state index in [0.29, 0.717) is 11.9 Å². The lowest BCUT2D eigenvalue weighted by Gasteiger charge is -2.12. The molecule has 0 aliphatic carbocycles. The van der Waals surface area contributed by atoms with E-state index in [1.54, 1.807) is 0 Å². The monoisotopic (exact) mass is 276 g/mol. The number of nitrogens with zero attached hydrogens (tertiary/aromatic N) is 2. The fourth-order valence-corrected chi connectivity index (χ4v) is 2.07. The number of nitrogens with two attached hydrogens (primary N) is 1. The van der Waals surface area contributed by atoms with Gasteiger partial charge in [-0.2, -0.15) is 0 Å². The molecule has 0 aromatic carbocycles. The molecule has 0 spiro atoms. The van der Waals surface area contributed by atoms with Crippen molar-refractivity contribution in [2.45, 2.75) is 46.0 Å². The predicted octanol–water partition coefficient (Wildman–Crippen LogP) is 2.74. The van der Waals surface area contributed by atoms with Crippen LogP contribution in [0.4, 0.5) is 0 Å². The maximum atomic E-state index is 5.89. The van der Waals surface area contributed by atoms with Gasteiger partial charge >= 0.3 is 0 Å². The molecule has 20 heavy (non-hydrogen) atoms. The lowest BCUT2D eigenvalue weighted by atomic mass is 10.00. The van der Waals surface area contributed by atoms with Gasteiger partial charge in [-0.3, -0.25) is 9.98 Å². The van der Waals surface area contributed by atoms with E-state index in [0.717, 1.165) is 25.2 Å². The first-order valence-electron chi connectivity index (χ1n) is 7.70. The molecule has 1 heterocycles. The zero-order chi connectivity index (χ0) is 14.6. The van der Waals surface area contributed by atoms with Gasteiger partial charge < -0.3 is 11.1 Å². The van der Waals surface area contributed by atoms with Crippen molar-refractivity contribution in [3.8, 4) is 0 Å². The number of hydrogen-bond donors (Lipinski definition) is 2. The average Bonchev–Trinajstić information content (AvgIpc) is 2.48. The van der Waals surface area contributed by atoms with E-state index in [1.807, 2.05) is 24.4 Å². The summed E-state index contributed by atoms with van der Waals surface area (Å²) in [5, 5.41) is 3.15. The second kappa shape index (κ2) is 10.2. The second-order valence-electron chi connectivity index (χ2n) is 5.14. The first-order valence-corrected chi connectivity index (χ1v) is 7.70. The van der Waals surface area contributed by atoms with Crippen LogP contribution in [0.3, 0.4) is 0 Å². The van der Waals surface area contributed by atoms with Gasteiger partial charge in [0.05, 0.1) is 0 Å². The minimum absolute atomic E-state index is 0.552. The molecule has 1 rings (SSSR count). The molecule has 112 valence electrons. The summed E-state index contributed by atoms with van der Waals surface area (Å²) < 4.78 is 0. The second-order valence-corrected chi connectivity index (χ2v) is 5.14. The van der Waals surface area contributed by atoms with Crippen molar-refractivity contribution in [2.24, 2.45) is 16.6 Å². The zero-order valence-corrected chi connectivity index (χ0v) is 12.8. The summed E-state index contributed by atoms with van der Waals surface area (Å²) >= 11 is 0. The van der Waals surface area contributed by atoms with Gasteiger partial charge in [0.2, 0.25) is 0 Å². The van der Waals surface area contributed by atoms with Crippen LogP contribution in [-0.2, 0) is 6.42 Å². The highest BCUT2D eigenvalue weighted by molar-refractivity contribution is 5.77. The predicted molar refractivity (Wildman–Crippen MR) is 85.7 cm³/mol. The number of unbranched alkanes of at least 4 members (excludes halogenated alkanes) is 1. The Morgan fingerprint density at radius 1 is 1.40 bits per heavy atom. The standard InChI is InChI=1S/C16H28N4/c1-3-5-8-14(4-2)13-20-16(17)19-12-10-15-9-6-7-11-18-15/h6-7,9,11,14H,3-5,8,10,12-13H2,1-2H3,(H3,17,19,20). The summed E-state index contributed by atoms with van der Waals surface area (Å²) in [6.45, 7) is 6.06. The number of hydrogen-bond acceptors (Lipinski definition) is 2. The molecule has 0 fully saturated rings. The van der Waals surface area contributed by atoms with Crippen LogP contribution in [0.1, 0.15) is 45.2 Å². The highest BCUT2D eigenvalue weighted by Crippen LogP contribution is 2.12. The van der Waals surface area contributed by atoms with E-state index >= 15 is 0 Å². The fraction of sp³-hybridized carbons (Fsp3) is 0.625. The maximum absolute atomic E-state index is 5.89. The minimum Gasteiger partial charge on any atom is -0.370 e. The third-order valence-electron chi connectivity index (χ3n) is 3.48. The van der Waals surface area contributed by atoms with E-state index in [-0.39, 0.29) is 0 Å². The molecule has 0 amide bonds. The number of pyridine rings is 1. The number of rotatable bonds is 9. The van der Waals surface area contributed by atoms with Crippen LogP contribution < -0.4 is 11.1 Å². The molecular weight excluding hydrogens is 248 g/mol. The molecule has 0 saturated carbocycles. The van der Waals surface area contributed by atoms with Crippen molar-refractivity contribution in [3.63, 3.8) is 0 Å². The topological polar surface area (TPSA) is 63.3 Å². The number of aromatic nitrogens is 1. The third kappa shape index (κ3) is 7.12. The van der Waals surface area contributed by atoms with Crippen LogP contribution in [0.5, 0.6) is 0 Å². The quantitative estimate of drug-likeness (QED) is 0.538. The van der Waals surface area contributed by atoms with Crippen LogP contribution in [0, 0.1) is 5.92 Å². The van der Waals surface area contributed by atoms with Crippen LogP contribution in [0.2, 0.25) is 0 Å². The minimum atomic E-state index is 0.552. The van der Waals surface area contributed by atoms with Crippen molar-refractivity contribution in [1.29, 1.82) is 0 Å². The summed E-state index contributed by atoms with van der Waals surface area (Å²) in [4.78, 5) is 8.72. The summed E-state index contributed by atoms with van der Waals surface area (Å²) in [5.74, 6) is 1.21. The highest BCUT2D eigenvalue weighted by atomic mass is 15.1. The largest absolute Gasteiger partial charge is 0.370 e. The number of nitrogens with one attached hydrogen (secondary N) is 1. The molecule has 0 saturated heterocycles. The molecule has 1 atom stereocenters. The number of guanidine groups is 1. The molecule has 0 radical (unpaired) electrons. The molecule has 1 aromatic heterocycles. The molecule has 1 unspecified atom stereocenters. The van der Waals surface area contributed by atoms with Gasteiger partial charge in [-0.05, 0) is 24.5 Å². The van der Waals surface area contributed by atoms with Gasteiger partial charge in [0.15, 0.2) is 5.96 Å². The summed E-state index contributed by atoms with van der Waals surface area (Å²) in [6, 6.07) is 5.94. The van der Waals surface area contributed by atoms with E-state index in [4.69, 9.17) is 5.73 Å². The van der Waals surface area contributed by atoms with Crippen molar-refractivity contribution in [3.05, 3.63) is 30.1 Å². The molecule has 4 heteroatoms. The van der Waals surface area contributed by atoms with Crippen LogP contribution >= 0.6 is 0 Å². The van der Waals surface area contributed by atoms with Gasteiger partial charge in [-0.25, -0.2) is 0 Å². The van der Waals surface area contributed by atoms with Gasteiger partial charge in [0.25, 0.3) is 0 Å². The van der Waals surface area contributed by atoms with Crippen molar-refractivity contribution in [2.75, 3.05) is 13.1 Å². The number of aliphatic imine (C=N–C) groups is 1. The van der Waals surface area contributed by atoms with Crippen molar-refractivity contribution in [1.82, 2.24) is 10.3 Å². The molecule has 4 nitrogen and oxygen atoms in total. The zero-order valence-electron chi connectivity index (χ0n) is 12.8. The lowest BCUT2D eigenvalue weighted by molar-refractivity contribution is 0.462. The molecule has 0 bridgehead atoms. The van der Waals surface area contributed by atoms with Crippen molar-refractivity contribution >= 4 is 5.96 Å². The van der Waals surface area contributed by atoms with Crippen molar-refractivity contribution < 1.29 is 0 Å². The van der Waals surface area contributed by atoms with Crippen LogP contribution in [-0.4, -0.2) is 24.0 Å². The van der Waals surface area contributed by atoms with E-state index in [2.05, 4.69) is 29.1 Å². The molecule has 0 aliphatic rings. The Hall–Kier alpha value is -1.58. The Morgan fingerprint density at radius 3 is 2.90 bits per heavy atom. The van der Waals surface area contributed by atoms with E-state index in [9.17, 15) is 0 Å². The Kier molecular flexibility index (Phi) is 8.43. The normalized spacial score (nSPS) is 13.2. The Bertz CT molecular complexity index is 375. The van der Waals surface area contributed by atoms with Crippen LogP contribution in [0.15, 0.2) is 29.4 Å². The summed E-state index contributed by atoms with van der Waals surface area (Å²) in [5.41, 5.74) is 6.96. The van der Waals surface area contributed by atoms with Gasteiger partial charge in [0, 0.05) is 31.4 Å². The van der Waals surface area contributed by atoms with Gasteiger partial charge in [-0.15, -0.1) is 0 Å². The Labute approximate surface area is 122 Å². The lowest BCUT2D eigenvalue weighted by Crippen LogP contribution is -2.33. The maximum Gasteiger partial charge on any atom is 0.188 e. The van der Waals surface area contributed by atoms with Gasteiger partial charge in [0.1, 0.15) is 0 Å². The van der Waals surface area contributed by atoms with E-state index < -0.39 is 0 Å². The summed E-state index contributed by atoms with van der Waals surface area (Å²) in [6.07, 6.45) is 7.62. The first kappa shape index (κ1) is 16.5. The average molecular weight is 276 g/mol. The molecular formula is C16H28N4. The fourth-order valence-electron chi connectivity index (χ4n) is 2.07. The van der Waals surface area contributed by atoms with E-state index in [1.165, 1.54) is 25.7 Å². The SMILES string of the molecule is CCCCC(CC)CN=C(N)NCCc1ccccn1. The molecule has 3 N–H and O–H groups in total. The highest BCUT2D eigenvalue weighted by Gasteiger charge is 2.04. The van der Waals surface area contributed by atoms with Gasteiger partial charge in [-0.1, -0.05) is 39.2 Å². The smallest absolute Gasteiger partial charge is 0.188 e. The molecule has 1 aromatic rings. The summed E-state index contributed by atoms with van der Waals surface area (Å²) in [7, 11) is 0. The Balaban J connectivity index is 2.23. The molecule has 0 aliphatic heterocycles.